The van der Waals surface area contributed by atoms with E-state index in [4.69, 9.17) is 23.4 Å². The van der Waals surface area contributed by atoms with Crippen molar-refractivity contribution in [2.24, 2.45) is 0 Å². The predicted molar refractivity (Wildman–Crippen MR) is 157 cm³/mol. The van der Waals surface area contributed by atoms with E-state index < -0.39 is 88.6 Å². The van der Waals surface area contributed by atoms with Gasteiger partial charge in [-0.25, -0.2) is 4.79 Å². The number of methoxy groups -OCH3 is 1. The van der Waals surface area contributed by atoms with Crippen LogP contribution in [0.1, 0.15) is 5.56 Å². The lowest BCUT2D eigenvalue weighted by atomic mass is 9.99. The van der Waals surface area contributed by atoms with Crippen LogP contribution in [-0.4, -0.2) is 91.2 Å². The number of carbonyl (C=O) groups is 1. The topological polar surface area (TPSA) is 246 Å². The first-order valence-corrected chi connectivity index (χ1v) is 13.5. The third kappa shape index (κ3) is 6.33. The molecule has 1 aliphatic heterocycles. The summed E-state index contributed by atoms with van der Waals surface area (Å²) in [7, 11) is 1.36. The number of ether oxygens (including phenoxy) is 4. The number of phenolic OH excluding ortho intramolecular Hbond substituents is 5. The van der Waals surface area contributed by atoms with E-state index in [0.717, 1.165) is 30.3 Å². The molecule has 2 heterocycles. The largest absolute Gasteiger partial charge is 0.508 e. The van der Waals surface area contributed by atoms with Crippen LogP contribution < -0.4 is 14.9 Å². The molecule has 0 aliphatic carbocycles. The first kappa shape index (κ1) is 31.9. The van der Waals surface area contributed by atoms with Gasteiger partial charge >= 0.3 is 5.97 Å². The van der Waals surface area contributed by atoms with E-state index >= 15 is 0 Å². The van der Waals surface area contributed by atoms with Gasteiger partial charge in [0.2, 0.25) is 17.5 Å². The van der Waals surface area contributed by atoms with Crippen LogP contribution >= 0.6 is 0 Å². The van der Waals surface area contributed by atoms with Gasteiger partial charge in [-0.15, -0.1) is 0 Å². The second-order valence-corrected chi connectivity index (χ2v) is 10.2. The Morgan fingerprint density at radius 2 is 1.61 bits per heavy atom. The van der Waals surface area contributed by atoms with Gasteiger partial charge in [0, 0.05) is 23.8 Å². The van der Waals surface area contributed by atoms with E-state index in [0.29, 0.717) is 5.56 Å². The van der Waals surface area contributed by atoms with Crippen LogP contribution in [-0.2, 0) is 14.3 Å². The number of hydrogen-bond donors (Lipinski definition) is 8. The molecule has 1 aromatic heterocycles. The van der Waals surface area contributed by atoms with Crippen molar-refractivity contribution in [2.45, 2.75) is 30.7 Å². The molecule has 0 bridgehead atoms. The number of fused-ring (bicyclic) bond motifs is 1. The number of benzene rings is 3. The highest BCUT2D eigenvalue weighted by atomic mass is 16.7. The van der Waals surface area contributed by atoms with Gasteiger partial charge in [-0.1, -0.05) is 6.07 Å². The highest BCUT2D eigenvalue weighted by molar-refractivity contribution is 5.88. The first-order chi connectivity index (χ1) is 21.9. The lowest BCUT2D eigenvalue weighted by molar-refractivity contribution is -0.278. The molecule has 8 N–H and O–H groups in total. The Kier molecular flexibility index (Phi) is 8.93. The van der Waals surface area contributed by atoms with E-state index in [1.54, 1.807) is 0 Å². The minimum atomic E-state index is -1.96. The van der Waals surface area contributed by atoms with Gasteiger partial charge in [0.15, 0.2) is 28.8 Å². The van der Waals surface area contributed by atoms with Gasteiger partial charge in [0.05, 0.1) is 7.11 Å². The predicted octanol–water partition coefficient (Wildman–Crippen LogP) is 1.44. The van der Waals surface area contributed by atoms with Gasteiger partial charge in [-0.3, -0.25) is 4.79 Å². The van der Waals surface area contributed by atoms with Crippen LogP contribution in [0.25, 0.3) is 28.4 Å². The number of aromatic hydroxyl groups is 5. The molecule has 1 fully saturated rings. The number of hydrogen-bond acceptors (Lipinski definition) is 15. The average molecular weight is 641 g/mol. The third-order valence-corrected chi connectivity index (χ3v) is 7.06. The Balaban J connectivity index is 1.41. The van der Waals surface area contributed by atoms with Crippen molar-refractivity contribution in [1.29, 1.82) is 0 Å². The van der Waals surface area contributed by atoms with Crippen LogP contribution in [0.15, 0.2) is 63.8 Å². The maximum absolute atomic E-state index is 13.6. The lowest BCUT2D eigenvalue weighted by Crippen LogP contribution is -2.60. The Hall–Kier alpha value is -5.48. The molecule has 0 saturated carbocycles. The zero-order valence-electron chi connectivity index (χ0n) is 23.8. The summed E-state index contributed by atoms with van der Waals surface area (Å²) in [5, 5.41) is 81.1. The maximum Gasteiger partial charge on any atom is 0.330 e. The van der Waals surface area contributed by atoms with Crippen LogP contribution in [0.4, 0.5) is 0 Å². The molecule has 4 aromatic rings. The maximum atomic E-state index is 13.6. The number of aliphatic hydroxyl groups excluding tert-OH is 3. The van der Waals surface area contributed by atoms with Crippen molar-refractivity contribution in [2.75, 3.05) is 13.7 Å². The first-order valence-electron chi connectivity index (χ1n) is 13.5. The minimum absolute atomic E-state index is 0.0264. The summed E-state index contributed by atoms with van der Waals surface area (Å²) >= 11 is 0. The van der Waals surface area contributed by atoms with Crippen molar-refractivity contribution in [3.05, 3.63) is 70.4 Å². The van der Waals surface area contributed by atoms with E-state index in [-0.39, 0.29) is 22.6 Å². The fraction of sp³-hybridized carbons (Fsp3) is 0.226. The van der Waals surface area contributed by atoms with Gasteiger partial charge in [0.25, 0.3) is 0 Å². The van der Waals surface area contributed by atoms with Gasteiger partial charge < -0.3 is 64.2 Å². The molecular weight excluding hydrogens is 612 g/mol. The molecule has 15 heteroatoms. The van der Waals surface area contributed by atoms with Crippen molar-refractivity contribution >= 4 is 23.0 Å². The summed E-state index contributed by atoms with van der Waals surface area (Å²) in [6.07, 6.45) is -6.60. The van der Waals surface area contributed by atoms with Gasteiger partial charge in [-0.2, -0.15) is 0 Å². The number of carbonyl (C=O) groups excluding carboxylic acids is 1. The molecule has 3 aromatic carbocycles. The molecule has 0 radical (unpaired) electrons. The Labute approximate surface area is 258 Å². The molecule has 15 nitrogen and oxygen atoms in total. The molecule has 1 aliphatic rings. The van der Waals surface area contributed by atoms with Crippen molar-refractivity contribution < 1.29 is 69.0 Å². The standard InChI is InChI=1S/C31H28O15/c1-42-20-8-13(2-5-17(20)34)3-7-23(37)43-12-22-25(38)27(40)28(41)31(45-22)46-30-26(39)24-19(36)10-15(32)11-21(24)44-29(30)14-4-6-16(33)18(35)9-14/h2-11,22,25,27-28,31-36,38,40-41H,12H2,1H3/t22-,25+,27+,28-,31+/m1/s1. The van der Waals surface area contributed by atoms with Crippen molar-refractivity contribution in [1.82, 2.24) is 0 Å². The van der Waals surface area contributed by atoms with Crippen LogP contribution in [0.3, 0.4) is 0 Å². The van der Waals surface area contributed by atoms with Gasteiger partial charge in [0.1, 0.15) is 53.5 Å². The monoisotopic (exact) mass is 640 g/mol. The third-order valence-electron chi connectivity index (χ3n) is 7.06. The molecule has 0 unspecified atom stereocenters. The number of esters is 1. The lowest BCUT2D eigenvalue weighted by Gasteiger charge is -2.39. The summed E-state index contributed by atoms with van der Waals surface area (Å²) in [6, 6.07) is 9.60. The molecule has 5 atom stereocenters. The smallest absolute Gasteiger partial charge is 0.330 e. The molecule has 0 spiro atoms. The Bertz CT molecular complexity index is 1860. The minimum Gasteiger partial charge on any atom is -0.508 e. The summed E-state index contributed by atoms with van der Waals surface area (Å²) in [5.41, 5.74) is -0.847. The van der Waals surface area contributed by atoms with E-state index in [2.05, 4.69) is 0 Å². The van der Waals surface area contributed by atoms with E-state index in [1.165, 1.54) is 37.5 Å². The summed E-state index contributed by atoms with van der Waals surface area (Å²) in [4.78, 5) is 26.0. The molecule has 0 amide bonds. The van der Waals surface area contributed by atoms with Crippen molar-refractivity contribution in [3.8, 4) is 51.6 Å². The second kappa shape index (κ2) is 12.9. The summed E-state index contributed by atoms with van der Waals surface area (Å²) in [6.45, 7) is -0.641. The highest BCUT2D eigenvalue weighted by Crippen LogP contribution is 2.39. The van der Waals surface area contributed by atoms with Crippen molar-refractivity contribution in [3.63, 3.8) is 0 Å². The zero-order chi connectivity index (χ0) is 33.3. The van der Waals surface area contributed by atoms with Crippen LogP contribution in [0, 0.1) is 0 Å². The van der Waals surface area contributed by atoms with E-state index in [1.807, 2.05) is 0 Å². The number of aliphatic hydroxyl groups is 3. The van der Waals surface area contributed by atoms with E-state index in [9.17, 15) is 50.4 Å². The zero-order valence-corrected chi connectivity index (χ0v) is 23.8. The van der Waals surface area contributed by atoms with Crippen LogP contribution in [0.5, 0.6) is 40.2 Å². The fourth-order valence-corrected chi connectivity index (χ4v) is 4.67. The second-order valence-electron chi connectivity index (χ2n) is 10.2. The summed E-state index contributed by atoms with van der Waals surface area (Å²) < 4.78 is 27.2. The molecule has 46 heavy (non-hydrogen) atoms. The van der Waals surface area contributed by atoms with Crippen LogP contribution in [0.2, 0.25) is 0 Å². The average Bonchev–Trinajstić information content (AvgIpc) is 3.02. The summed E-state index contributed by atoms with van der Waals surface area (Å²) in [5.74, 6) is -4.12. The Morgan fingerprint density at radius 1 is 0.870 bits per heavy atom. The molecule has 242 valence electrons. The van der Waals surface area contributed by atoms with Gasteiger partial charge in [-0.05, 0) is 42.0 Å². The highest BCUT2D eigenvalue weighted by Gasteiger charge is 2.46. The quantitative estimate of drug-likeness (QED) is 0.0771. The molecular formula is C31H28O15. The Morgan fingerprint density at radius 3 is 2.33 bits per heavy atom. The molecule has 1 saturated heterocycles. The number of phenols is 5. The molecule has 5 rings (SSSR count). The normalized spacial score (nSPS) is 21.3. The SMILES string of the molecule is COc1cc(C=CC(=O)OC[C@H]2O[C@@H](Oc3c(-c4ccc(O)c(O)c4)oc4cc(O)cc(O)c4c3=O)[C@H](O)[C@@H](O)[C@H]2O)ccc1O. The number of rotatable bonds is 8. The fourth-order valence-electron chi connectivity index (χ4n) is 4.67.